The molecule has 0 atom stereocenters. The Labute approximate surface area is 223 Å². The van der Waals surface area contributed by atoms with Gasteiger partial charge in [0, 0.05) is 32.9 Å². The van der Waals surface area contributed by atoms with E-state index >= 15 is 0 Å². The van der Waals surface area contributed by atoms with E-state index in [-0.39, 0.29) is 0 Å². The van der Waals surface area contributed by atoms with E-state index in [9.17, 15) is 0 Å². The van der Waals surface area contributed by atoms with Gasteiger partial charge in [0.05, 0.1) is 22.1 Å². The maximum absolute atomic E-state index is 3.91. The van der Waals surface area contributed by atoms with Gasteiger partial charge in [0.2, 0.25) is 0 Å². The smallest absolute Gasteiger partial charge is 0.0541 e. The first kappa shape index (κ1) is 22.6. The Morgan fingerprint density at radius 2 is 0.895 bits per heavy atom. The van der Waals surface area contributed by atoms with E-state index in [1.165, 1.54) is 60.5 Å². The van der Waals surface area contributed by atoms with E-state index in [4.69, 9.17) is 0 Å². The fraction of sp³-hybridized carbons (Fsp3) is 0.111. The van der Waals surface area contributed by atoms with Crippen molar-refractivity contribution in [3.8, 4) is 11.4 Å². The fourth-order valence-electron chi connectivity index (χ4n) is 6.08. The minimum absolute atomic E-state index is 1.04. The van der Waals surface area contributed by atoms with Crippen LogP contribution in [-0.2, 0) is 6.42 Å². The van der Waals surface area contributed by atoms with Gasteiger partial charge in [-0.1, -0.05) is 78.9 Å². The summed E-state index contributed by atoms with van der Waals surface area (Å²) in [4.78, 5) is 0. The highest BCUT2D eigenvalue weighted by Gasteiger charge is 2.16. The second-order valence-corrected chi connectivity index (χ2v) is 10.1. The third-order valence-electron chi connectivity index (χ3n) is 7.76. The zero-order valence-corrected chi connectivity index (χ0v) is 21.5. The van der Waals surface area contributed by atoms with Crippen molar-refractivity contribution in [3.63, 3.8) is 0 Å². The van der Waals surface area contributed by atoms with Gasteiger partial charge in [0.15, 0.2) is 0 Å². The van der Waals surface area contributed by atoms with Crippen LogP contribution in [0.3, 0.4) is 0 Å². The first-order valence-electron chi connectivity index (χ1n) is 13.6. The fourth-order valence-corrected chi connectivity index (χ4v) is 6.08. The lowest BCUT2D eigenvalue weighted by atomic mass is 10.0. The second kappa shape index (κ2) is 9.39. The molecule has 5 aromatic carbocycles. The monoisotopic (exact) mass is 490 g/mol. The first-order chi connectivity index (χ1) is 18.8. The predicted molar refractivity (Wildman–Crippen MR) is 163 cm³/mol. The summed E-state index contributed by atoms with van der Waals surface area (Å²) in [5.41, 5.74) is 8.75. The molecule has 2 nitrogen and oxygen atoms in total. The van der Waals surface area contributed by atoms with Crippen LogP contribution in [-0.4, -0.2) is 9.13 Å². The molecule has 184 valence electrons. The second-order valence-electron chi connectivity index (χ2n) is 10.1. The Balaban J connectivity index is 1.51. The number of rotatable bonds is 7. The van der Waals surface area contributed by atoms with Crippen LogP contribution >= 0.6 is 0 Å². The molecule has 0 bridgehead atoms. The average Bonchev–Trinajstić information content (AvgIpc) is 3.48. The molecule has 0 aliphatic heterocycles. The standard InChI is InChI=1S/C36H30N2/c1-2-3-4-5-14-26-23-27(37-33-19-10-6-15-29(33)30-16-7-11-20-34(30)37)25-28(24-26)38-35-21-12-8-17-31(35)32-18-9-13-22-36(32)38/h2,6-13,15-25H,1,3-5,14H2. The molecule has 2 aromatic heterocycles. The Morgan fingerprint density at radius 3 is 1.29 bits per heavy atom. The van der Waals surface area contributed by atoms with Crippen LogP contribution in [0.2, 0.25) is 0 Å². The third-order valence-corrected chi connectivity index (χ3v) is 7.76. The number of allylic oxidation sites excluding steroid dienone is 1. The van der Waals surface area contributed by atoms with Gasteiger partial charge in [-0.05, 0) is 73.7 Å². The molecule has 2 heteroatoms. The SMILES string of the molecule is C=CCCCCc1cc(-n2c3ccccc3c3ccccc32)cc(-n2c3ccccc3c3ccccc32)c1. The maximum Gasteiger partial charge on any atom is 0.0541 e. The van der Waals surface area contributed by atoms with Crippen LogP contribution in [0.4, 0.5) is 0 Å². The van der Waals surface area contributed by atoms with Gasteiger partial charge in [-0.15, -0.1) is 6.58 Å². The summed E-state index contributed by atoms with van der Waals surface area (Å²) in [6.07, 6.45) is 6.44. The maximum atomic E-state index is 3.91. The van der Waals surface area contributed by atoms with E-state index in [2.05, 4.69) is 131 Å². The van der Waals surface area contributed by atoms with Gasteiger partial charge >= 0.3 is 0 Å². The number of benzene rings is 5. The molecule has 0 spiro atoms. The van der Waals surface area contributed by atoms with Crippen LogP contribution in [0.15, 0.2) is 128 Å². The lowest BCUT2D eigenvalue weighted by Crippen LogP contribution is -2.01. The molecule has 0 aliphatic rings. The van der Waals surface area contributed by atoms with Crippen molar-refractivity contribution in [1.82, 2.24) is 9.13 Å². The number of aromatic nitrogens is 2. The Hall–Kier alpha value is -4.56. The van der Waals surface area contributed by atoms with Crippen LogP contribution in [0, 0.1) is 0 Å². The van der Waals surface area contributed by atoms with E-state index in [0.29, 0.717) is 0 Å². The molecule has 0 unspecified atom stereocenters. The van der Waals surface area contributed by atoms with Gasteiger partial charge in [-0.25, -0.2) is 0 Å². The van der Waals surface area contributed by atoms with E-state index in [1.807, 2.05) is 6.08 Å². The van der Waals surface area contributed by atoms with Crippen molar-refractivity contribution >= 4 is 43.6 Å². The van der Waals surface area contributed by atoms with Crippen LogP contribution in [0.25, 0.3) is 55.0 Å². The third kappa shape index (κ3) is 3.64. The van der Waals surface area contributed by atoms with Crippen molar-refractivity contribution in [2.45, 2.75) is 25.7 Å². The highest BCUT2D eigenvalue weighted by Crippen LogP contribution is 2.36. The quantitative estimate of drug-likeness (QED) is 0.155. The molecule has 0 aliphatic carbocycles. The molecule has 2 heterocycles. The van der Waals surface area contributed by atoms with Gasteiger partial charge in [-0.2, -0.15) is 0 Å². The molecule has 7 rings (SSSR count). The Bertz CT molecular complexity index is 1710. The molecular weight excluding hydrogens is 460 g/mol. The highest BCUT2D eigenvalue weighted by atomic mass is 15.0. The number of para-hydroxylation sites is 4. The van der Waals surface area contributed by atoms with E-state index in [0.717, 1.165) is 25.7 Å². The van der Waals surface area contributed by atoms with Crippen LogP contribution < -0.4 is 0 Å². The molecule has 0 radical (unpaired) electrons. The summed E-state index contributed by atoms with van der Waals surface area (Å²) < 4.78 is 4.88. The number of hydrogen-bond acceptors (Lipinski definition) is 0. The number of unbranched alkanes of at least 4 members (excludes halogenated alkanes) is 2. The average molecular weight is 491 g/mol. The Kier molecular flexibility index (Phi) is 5.59. The molecular formula is C36H30N2. The van der Waals surface area contributed by atoms with E-state index in [1.54, 1.807) is 0 Å². The summed E-state index contributed by atoms with van der Waals surface area (Å²) >= 11 is 0. The van der Waals surface area contributed by atoms with Gasteiger partial charge in [-0.3, -0.25) is 0 Å². The molecule has 0 amide bonds. The number of hydrogen-bond donors (Lipinski definition) is 0. The van der Waals surface area contributed by atoms with Crippen molar-refractivity contribution in [2.24, 2.45) is 0 Å². The first-order valence-corrected chi connectivity index (χ1v) is 13.6. The lowest BCUT2D eigenvalue weighted by molar-refractivity contribution is 0.747. The minimum Gasteiger partial charge on any atom is -0.309 e. The van der Waals surface area contributed by atoms with Gasteiger partial charge < -0.3 is 9.13 Å². The summed E-state index contributed by atoms with van der Waals surface area (Å²) in [6.45, 7) is 3.91. The minimum atomic E-state index is 1.04. The zero-order valence-electron chi connectivity index (χ0n) is 21.5. The predicted octanol–water partition coefficient (Wildman–Crippen LogP) is 9.78. The van der Waals surface area contributed by atoms with Crippen LogP contribution in [0.1, 0.15) is 24.8 Å². The number of aryl methyl sites for hydroxylation is 1. The zero-order chi connectivity index (χ0) is 25.5. The molecule has 0 fully saturated rings. The normalized spacial score (nSPS) is 11.7. The van der Waals surface area contributed by atoms with Crippen LogP contribution in [0.5, 0.6) is 0 Å². The van der Waals surface area contributed by atoms with Crippen molar-refractivity contribution in [2.75, 3.05) is 0 Å². The number of fused-ring (bicyclic) bond motifs is 6. The molecule has 7 aromatic rings. The molecule has 0 saturated heterocycles. The van der Waals surface area contributed by atoms with Gasteiger partial charge in [0.1, 0.15) is 0 Å². The molecule has 0 N–H and O–H groups in total. The summed E-state index contributed by atoms with van der Waals surface area (Å²) in [5, 5.41) is 5.16. The number of nitrogens with zero attached hydrogens (tertiary/aromatic N) is 2. The van der Waals surface area contributed by atoms with Crippen molar-refractivity contribution < 1.29 is 0 Å². The van der Waals surface area contributed by atoms with Crippen molar-refractivity contribution in [1.29, 1.82) is 0 Å². The molecule has 0 saturated carbocycles. The summed E-state index contributed by atoms with van der Waals surface area (Å²) in [5.74, 6) is 0. The Morgan fingerprint density at radius 1 is 0.500 bits per heavy atom. The van der Waals surface area contributed by atoms with E-state index < -0.39 is 0 Å². The largest absolute Gasteiger partial charge is 0.309 e. The van der Waals surface area contributed by atoms with Crippen molar-refractivity contribution in [3.05, 3.63) is 133 Å². The van der Waals surface area contributed by atoms with Gasteiger partial charge in [0.25, 0.3) is 0 Å². The summed E-state index contributed by atoms with van der Waals surface area (Å²) in [6, 6.07) is 42.2. The topological polar surface area (TPSA) is 9.86 Å². The summed E-state index contributed by atoms with van der Waals surface area (Å²) in [7, 11) is 0. The molecule has 38 heavy (non-hydrogen) atoms. The lowest BCUT2D eigenvalue weighted by Gasteiger charge is -2.15. The highest BCUT2D eigenvalue weighted by molar-refractivity contribution is 6.10.